The fourth-order valence-corrected chi connectivity index (χ4v) is 3.14. The van der Waals surface area contributed by atoms with Crippen molar-refractivity contribution in [3.8, 4) is 11.3 Å². The van der Waals surface area contributed by atoms with Crippen molar-refractivity contribution in [2.75, 3.05) is 22.9 Å². The second-order valence-corrected chi connectivity index (χ2v) is 7.77. The van der Waals surface area contributed by atoms with E-state index in [4.69, 9.17) is 0 Å². The fourth-order valence-electron chi connectivity index (χ4n) is 2.59. The lowest BCUT2D eigenvalue weighted by molar-refractivity contribution is 0.271. The zero-order valence-electron chi connectivity index (χ0n) is 14.5. The number of anilines is 2. The van der Waals surface area contributed by atoms with Gasteiger partial charge in [-0.2, -0.15) is 0 Å². The molecule has 26 heavy (non-hydrogen) atoms. The summed E-state index contributed by atoms with van der Waals surface area (Å²) in [5.74, 6) is 0.628. The van der Waals surface area contributed by atoms with E-state index in [1.54, 1.807) is 28.9 Å². The zero-order chi connectivity index (χ0) is 18.7. The molecule has 1 unspecified atom stereocenters. The van der Waals surface area contributed by atoms with Gasteiger partial charge in [-0.15, -0.1) is 5.10 Å². The minimum absolute atomic E-state index is 0.0200. The monoisotopic (exact) mass is 375 g/mol. The van der Waals surface area contributed by atoms with E-state index in [2.05, 4.69) is 20.1 Å². The largest absolute Gasteiger partial charge is 0.394 e. The number of aliphatic hydroxyl groups excluding tert-OH is 1. The van der Waals surface area contributed by atoms with E-state index in [0.29, 0.717) is 17.2 Å². The van der Waals surface area contributed by atoms with Crippen LogP contribution < -0.4 is 10.0 Å². The van der Waals surface area contributed by atoms with E-state index in [-0.39, 0.29) is 12.6 Å². The molecule has 138 valence electrons. The Morgan fingerprint density at radius 3 is 2.77 bits per heavy atom. The standard InChI is InChI=1S/C17H21N5O3S/c1-3-13(11-23)19-16-7-8-17-18-10-15(22(17)20-16)12-5-4-6-14(9-12)21-26(2,24)25/h4-10,13,21,23H,3,11H2,1-2H3,(H,19,20). The van der Waals surface area contributed by atoms with Gasteiger partial charge in [0.15, 0.2) is 5.65 Å². The van der Waals surface area contributed by atoms with Crippen LogP contribution in [0.1, 0.15) is 13.3 Å². The normalized spacial score (nSPS) is 12.9. The first-order valence-corrected chi connectivity index (χ1v) is 10.1. The Bertz CT molecular complexity index is 1010. The number of imidazole rings is 1. The first-order valence-electron chi connectivity index (χ1n) is 8.20. The van der Waals surface area contributed by atoms with Crippen LogP contribution in [0.2, 0.25) is 0 Å². The third-order valence-electron chi connectivity index (χ3n) is 3.89. The maximum atomic E-state index is 11.4. The van der Waals surface area contributed by atoms with Crippen LogP contribution in [0.4, 0.5) is 11.5 Å². The fraction of sp³-hybridized carbons (Fsp3) is 0.294. The number of fused-ring (bicyclic) bond motifs is 1. The molecule has 0 bridgehead atoms. The number of sulfonamides is 1. The lowest BCUT2D eigenvalue weighted by atomic mass is 10.1. The zero-order valence-corrected chi connectivity index (χ0v) is 15.4. The van der Waals surface area contributed by atoms with Crippen molar-refractivity contribution in [3.63, 3.8) is 0 Å². The molecule has 0 aliphatic heterocycles. The number of aromatic nitrogens is 3. The summed E-state index contributed by atoms with van der Waals surface area (Å²) >= 11 is 0. The number of nitrogens with zero attached hydrogens (tertiary/aromatic N) is 3. The van der Waals surface area contributed by atoms with Crippen LogP contribution >= 0.6 is 0 Å². The highest BCUT2D eigenvalue weighted by atomic mass is 32.2. The van der Waals surface area contributed by atoms with Gasteiger partial charge >= 0.3 is 0 Å². The average Bonchev–Trinajstić information content (AvgIpc) is 3.01. The first-order chi connectivity index (χ1) is 12.4. The van der Waals surface area contributed by atoms with E-state index in [1.807, 2.05) is 25.1 Å². The molecule has 3 N–H and O–H groups in total. The van der Waals surface area contributed by atoms with E-state index >= 15 is 0 Å². The summed E-state index contributed by atoms with van der Waals surface area (Å²) in [5.41, 5.74) is 2.66. The molecule has 2 heterocycles. The van der Waals surface area contributed by atoms with Gasteiger partial charge in [-0.3, -0.25) is 4.72 Å². The van der Waals surface area contributed by atoms with Crippen molar-refractivity contribution in [2.45, 2.75) is 19.4 Å². The maximum Gasteiger partial charge on any atom is 0.229 e. The molecule has 0 saturated heterocycles. The molecule has 0 radical (unpaired) electrons. The molecule has 1 aromatic carbocycles. The molecule has 9 heteroatoms. The van der Waals surface area contributed by atoms with Gasteiger partial charge < -0.3 is 10.4 Å². The summed E-state index contributed by atoms with van der Waals surface area (Å²) < 4.78 is 27.0. The van der Waals surface area contributed by atoms with E-state index in [1.165, 1.54) is 0 Å². The van der Waals surface area contributed by atoms with Gasteiger partial charge in [0, 0.05) is 11.3 Å². The number of aliphatic hydroxyl groups is 1. The van der Waals surface area contributed by atoms with Gasteiger partial charge in [0.05, 0.1) is 30.8 Å². The first kappa shape index (κ1) is 18.2. The molecule has 0 fully saturated rings. The molecule has 0 aliphatic carbocycles. The van der Waals surface area contributed by atoms with Gasteiger partial charge in [-0.25, -0.2) is 17.9 Å². The number of benzene rings is 1. The molecular weight excluding hydrogens is 354 g/mol. The lowest BCUT2D eigenvalue weighted by Gasteiger charge is -2.14. The van der Waals surface area contributed by atoms with Crippen LogP contribution in [0.5, 0.6) is 0 Å². The highest BCUT2D eigenvalue weighted by Gasteiger charge is 2.11. The number of rotatable bonds is 7. The van der Waals surface area contributed by atoms with Crippen LogP contribution in [0.3, 0.4) is 0 Å². The Labute approximate surface area is 151 Å². The van der Waals surface area contributed by atoms with Gasteiger partial charge in [0.25, 0.3) is 0 Å². The lowest BCUT2D eigenvalue weighted by Crippen LogP contribution is -2.23. The molecule has 3 rings (SSSR count). The molecule has 3 aromatic rings. The highest BCUT2D eigenvalue weighted by Crippen LogP contribution is 2.24. The van der Waals surface area contributed by atoms with Crippen LogP contribution in [-0.2, 0) is 10.0 Å². The van der Waals surface area contributed by atoms with Crippen LogP contribution in [0.15, 0.2) is 42.6 Å². The smallest absolute Gasteiger partial charge is 0.229 e. The quantitative estimate of drug-likeness (QED) is 0.582. The molecule has 0 aliphatic rings. The minimum atomic E-state index is -3.35. The van der Waals surface area contributed by atoms with Crippen molar-refractivity contribution >= 4 is 27.2 Å². The van der Waals surface area contributed by atoms with E-state index < -0.39 is 10.0 Å². The van der Waals surface area contributed by atoms with Crippen LogP contribution in [0, 0.1) is 0 Å². The third-order valence-corrected chi connectivity index (χ3v) is 4.50. The molecule has 8 nitrogen and oxygen atoms in total. The van der Waals surface area contributed by atoms with E-state index in [0.717, 1.165) is 23.9 Å². The summed E-state index contributed by atoms with van der Waals surface area (Å²) in [7, 11) is -3.35. The molecular formula is C17H21N5O3S. The Hall–Kier alpha value is -2.65. The average molecular weight is 375 g/mol. The molecule has 0 spiro atoms. The predicted molar refractivity (Wildman–Crippen MR) is 102 cm³/mol. The summed E-state index contributed by atoms with van der Waals surface area (Å²) in [5, 5.41) is 17.1. The van der Waals surface area contributed by atoms with Gasteiger partial charge in [-0.05, 0) is 30.7 Å². The van der Waals surface area contributed by atoms with Crippen molar-refractivity contribution in [3.05, 3.63) is 42.6 Å². The second kappa shape index (κ2) is 7.30. The Morgan fingerprint density at radius 1 is 1.27 bits per heavy atom. The van der Waals surface area contributed by atoms with Crippen LogP contribution in [0.25, 0.3) is 16.9 Å². The minimum Gasteiger partial charge on any atom is -0.394 e. The topological polar surface area (TPSA) is 109 Å². The Morgan fingerprint density at radius 2 is 2.08 bits per heavy atom. The van der Waals surface area contributed by atoms with Crippen molar-refractivity contribution in [1.29, 1.82) is 0 Å². The second-order valence-electron chi connectivity index (χ2n) is 6.02. The summed E-state index contributed by atoms with van der Waals surface area (Å²) in [6.07, 6.45) is 3.57. The predicted octanol–water partition coefficient (Wildman–Crippen LogP) is 1.95. The maximum absolute atomic E-state index is 11.4. The van der Waals surface area contributed by atoms with Crippen molar-refractivity contribution in [1.82, 2.24) is 14.6 Å². The van der Waals surface area contributed by atoms with Crippen molar-refractivity contribution < 1.29 is 13.5 Å². The number of hydrogen-bond acceptors (Lipinski definition) is 6. The summed E-state index contributed by atoms with van der Waals surface area (Å²) in [6.45, 7) is 2.00. The van der Waals surface area contributed by atoms with Gasteiger partial charge in [0.1, 0.15) is 5.82 Å². The number of nitrogens with one attached hydrogen (secondary N) is 2. The van der Waals surface area contributed by atoms with Gasteiger partial charge in [-0.1, -0.05) is 19.1 Å². The van der Waals surface area contributed by atoms with Crippen molar-refractivity contribution in [2.24, 2.45) is 0 Å². The molecule has 0 saturated carbocycles. The molecule has 1 atom stereocenters. The van der Waals surface area contributed by atoms with Gasteiger partial charge in [0.2, 0.25) is 10.0 Å². The summed E-state index contributed by atoms with van der Waals surface area (Å²) in [4.78, 5) is 4.34. The summed E-state index contributed by atoms with van der Waals surface area (Å²) in [6, 6.07) is 10.6. The Kier molecular flexibility index (Phi) is 5.10. The SMILES string of the molecule is CCC(CO)Nc1ccc2ncc(-c3cccc(NS(C)(=O)=O)c3)n2n1. The van der Waals surface area contributed by atoms with E-state index in [9.17, 15) is 13.5 Å². The Balaban J connectivity index is 1.99. The molecule has 2 aromatic heterocycles. The third kappa shape index (κ3) is 4.12. The van der Waals surface area contributed by atoms with Crippen LogP contribution in [-0.4, -0.2) is 47.0 Å². The highest BCUT2D eigenvalue weighted by molar-refractivity contribution is 7.92. The molecule has 0 amide bonds. The number of hydrogen-bond donors (Lipinski definition) is 3.